The van der Waals surface area contributed by atoms with Gasteiger partial charge in [0.25, 0.3) is 0 Å². The Morgan fingerprint density at radius 2 is 1.96 bits per heavy atom. The van der Waals surface area contributed by atoms with Gasteiger partial charge >= 0.3 is 0 Å². The van der Waals surface area contributed by atoms with Gasteiger partial charge in [-0.25, -0.2) is 0 Å². The highest BCUT2D eigenvalue weighted by Gasteiger charge is 2.41. The zero-order chi connectivity index (χ0) is 19.1. The second kappa shape index (κ2) is 9.68. The fraction of sp³-hybridized carbons (Fsp3) is 0.556. The van der Waals surface area contributed by atoms with E-state index in [0.29, 0.717) is 36.8 Å². The minimum absolute atomic E-state index is 0.0540. The molecule has 1 N–H and O–H groups in total. The summed E-state index contributed by atoms with van der Waals surface area (Å²) in [5.41, 5.74) is 0.904. The van der Waals surface area contributed by atoms with E-state index >= 15 is 0 Å². The molecule has 26 heavy (non-hydrogen) atoms. The van der Waals surface area contributed by atoms with Gasteiger partial charge in [-0.3, -0.25) is 9.59 Å². The molecule has 1 aromatic carbocycles. The smallest absolute Gasteiger partial charge is 0.243 e. The van der Waals surface area contributed by atoms with Gasteiger partial charge < -0.3 is 24.4 Å². The number of benzene rings is 1. The summed E-state index contributed by atoms with van der Waals surface area (Å²) in [6.07, 6.45) is 0.339. The van der Waals surface area contributed by atoms with Gasteiger partial charge in [0.05, 0.1) is 20.8 Å². The Morgan fingerprint density at radius 3 is 2.58 bits per heavy atom. The standard InChI is InChI=1S/C18H26N2O5S/c1-5-16(21)20-13(17(22)19-8-9-23-2)11-26-18(20)12-6-7-14(24-3)15(10-12)25-4/h6-7,10,13,18H,5,8-9,11H2,1-4H3,(H,19,22). The van der Waals surface area contributed by atoms with Crippen LogP contribution in [0, 0.1) is 0 Å². The molecule has 0 spiro atoms. The molecule has 0 radical (unpaired) electrons. The number of carbonyl (C=O) groups excluding carboxylic acids is 2. The maximum Gasteiger partial charge on any atom is 0.243 e. The summed E-state index contributed by atoms with van der Waals surface area (Å²) >= 11 is 1.57. The average molecular weight is 382 g/mol. The largest absolute Gasteiger partial charge is 0.493 e. The van der Waals surface area contributed by atoms with Crippen molar-refractivity contribution in [2.24, 2.45) is 0 Å². The number of hydrogen-bond donors (Lipinski definition) is 1. The van der Waals surface area contributed by atoms with Gasteiger partial charge in [-0.05, 0) is 17.7 Å². The van der Waals surface area contributed by atoms with Gasteiger partial charge in [0, 0.05) is 25.8 Å². The highest BCUT2D eigenvalue weighted by atomic mass is 32.2. The molecule has 2 atom stereocenters. The third kappa shape index (κ3) is 4.42. The van der Waals surface area contributed by atoms with Gasteiger partial charge in [0.15, 0.2) is 11.5 Å². The van der Waals surface area contributed by atoms with Crippen molar-refractivity contribution in [3.8, 4) is 11.5 Å². The number of methoxy groups -OCH3 is 3. The molecule has 1 heterocycles. The van der Waals surface area contributed by atoms with Crippen LogP contribution in [0.5, 0.6) is 11.5 Å². The summed E-state index contributed by atoms with van der Waals surface area (Å²) in [5, 5.41) is 2.60. The minimum Gasteiger partial charge on any atom is -0.493 e. The molecule has 1 saturated heterocycles. The van der Waals surface area contributed by atoms with Gasteiger partial charge in [0.2, 0.25) is 11.8 Å². The number of nitrogens with one attached hydrogen (secondary N) is 1. The Labute approximate surface area is 158 Å². The third-order valence-electron chi connectivity index (χ3n) is 4.19. The van der Waals surface area contributed by atoms with Crippen LogP contribution in [0.1, 0.15) is 24.3 Å². The minimum atomic E-state index is -0.498. The molecule has 1 fully saturated rings. The van der Waals surface area contributed by atoms with Crippen LogP contribution in [-0.4, -0.2) is 63.0 Å². The number of hydrogen-bond acceptors (Lipinski definition) is 6. The van der Waals surface area contributed by atoms with Crippen molar-refractivity contribution in [1.29, 1.82) is 0 Å². The molecule has 0 bridgehead atoms. The predicted octanol–water partition coefficient (Wildman–Crippen LogP) is 1.82. The zero-order valence-corrected chi connectivity index (χ0v) is 16.4. The van der Waals surface area contributed by atoms with Crippen molar-refractivity contribution in [3.05, 3.63) is 23.8 Å². The van der Waals surface area contributed by atoms with Crippen LogP contribution >= 0.6 is 11.8 Å². The molecule has 1 aliphatic heterocycles. The Kier molecular flexibility index (Phi) is 7.59. The molecule has 1 aromatic rings. The number of amides is 2. The summed E-state index contributed by atoms with van der Waals surface area (Å²) in [6, 6.07) is 5.08. The van der Waals surface area contributed by atoms with E-state index in [9.17, 15) is 9.59 Å². The van der Waals surface area contributed by atoms with E-state index in [-0.39, 0.29) is 17.2 Å². The molecule has 2 amide bonds. The van der Waals surface area contributed by atoms with Crippen LogP contribution in [0.4, 0.5) is 0 Å². The van der Waals surface area contributed by atoms with E-state index < -0.39 is 6.04 Å². The number of nitrogens with zero attached hydrogens (tertiary/aromatic N) is 1. The lowest BCUT2D eigenvalue weighted by molar-refractivity contribution is -0.139. The van der Waals surface area contributed by atoms with Crippen molar-refractivity contribution in [2.45, 2.75) is 24.8 Å². The first kappa shape index (κ1) is 20.4. The lowest BCUT2D eigenvalue weighted by Crippen LogP contribution is -2.48. The molecule has 2 unspecified atom stereocenters. The maximum absolute atomic E-state index is 12.6. The number of thioether (sulfide) groups is 1. The van der Waals surface area contributed by atoms with Gasteiger partial charge in [0.1, 0.15) is 11.4 Å². The number of rotatable bonds is 8. The van der Waals surface area contributed by atoms with Gasteiger partial charge in [-0.1, -0.05) is 13.0 Å². The van der Waals surface area contributed by atoms with E-state index in [2.05, 4.69) is 5.32 Å². The summed E-state index contributed by atoms with van der Waals surface area (Å²) in [7, 11) is 4.73. The molecule has 8 heteroatoms. The Bertz CT molecular complexity index is 640. The molecule has 1 aliphatic rings. The van der Waals surface area contributed by atoms with Crippen molar-refractivity contribution in [3.63, 3.8) is 0 Å². The summed E-state index contributed by atoms with van der Waals surface area (Å²) in [6.45, 7) is 2.66. The lowest BCUT2D eigenvalue weighted by atomic mass is 10.1. The molecule has 2 rings (SSSR count). The van der Waals surface area contributed by atoms with Crippen molar-refractivity contribution in [2.75, 3.05) is 40.2 Å². The molecule has 0 aliphatic carbocycles. The first-order valence-electron chi connectivity index (χ1n) is 8.48. The van der Waals surface area contributed by atoms with Crippen LogP contribution in [0.15, 0.2) is 18.2 Å². The topological polar surface area (TPSA) is 77.1 Å². The summed E-state index contributed by atoms with van der Waals surface area (Å²) in [5.74, 6) is 1.56. The van der Waals surface area contributed by atoms with E-state index in [1.54, 1.807) is 44.9 Å². The van der Waals surface area contributed by atoms with Crippen LogP contribution in [-0.2, 0) is 14.3 Å². The maximum atomic E-state index is 12.6. The SMILES string of the molecule is CCC(=O)N1C(C(=O)NCCOC)CSC1c1ccc(OC)c(OC)c1. The zero-order valence-electron chi connectivity index (χ0n) is 15.6. The van der Waals surface area contributed by atoms with Crippen molar-refractivity contribution >= 4 is 23.6 Å². The molecular formula is C18H26N2O5S. The summed E-state index contributed by atoms with van der Waals surface area (Å²) in [4.78, 5) is 26.8. The molecular weight excluding hydrogens is 356 g/mol. The third-order valence-corrected chi connectivity index (χ3v) is 5.51. The Balaban J connectivity index is 2.25. The monoisotopic (exact) mass is 382 g/mol. The second-order valence-corrected chi connectivity index (χ2v) is 6.87. The van der Waals surface area contributed by atoms with Crippen LogP contribution in [0.2, 0.25) is 0 Å². The second-order valence-electron chi connectivity index (χ2n) is 5.75. The highest BCUT2D eigenvalue weighted by Crippen LogP contribution is 2.43. The average Bonchev–Trinajstić information content (AvgIpc) is 3.12. The normalized spacial score (nSPS) is 19.3. The number of ether oxygens (including phenoxy) is 3. The van der Waals surface area contributed by atoms with Crippen molar-refractivity contribution < 1.29 is 23.8 Å². The summed E-state index contributed by atoms with van der Waals surface area (Å²) < 4.78 is 15.6. The molecule has 0 saturated carbocycles. The van der Waals surface area contributed by atoms with Gasteiger partial charge in [-0.15, -0.1) is 11.8 Å². The van der Waals surface area contributed by atoms with E-state index in [0.717, 1.165) is 5.56 Å². The van der Waals surface area contributed by atoms with E-state index in [1.165, 1.54) is 0 Å². The molecule has 144 valence electrons. The van der Waals surface area contributed by atoms with Crippen LogP contribution in [0.25, 0.3) is 0 Å². The fourth-order valence-corrected chi connectivity index (χ4v) is 4.29. The lowest BCUT2D eigenvalue weighted by Gasteiger charge is -2.29. The van der Waals surface area contributed by atoms with Gasteiger partial charge in [-0.2, -0.15) is 0 Å². The first-order valence-corrected chi connectivity index (χ1v) is 9.53. The Hall–Kier alpha value is -1.93. The van der Waals surface area contributed by atoms with E-state index in [1.807, 2.05) is 18.2 Å². The quantitative estimate of drug-likeness (QED) is 0.691. The van der Waals surface area contributed by atoms with Crippen LogP contribution in [0.3, 0.4) is 0 Å². The predicted molar refractivity (Wildman–Crippen MR) is 101 cm³/mol. The Morgan fingerprint density at radius 1 is 1.23 bits per heavy atom. The van der Waals surface area contributed by atoms with Crippen molar-refractivity contribution in [1.82, 2.24) is 10.2 Å². The van der Waals surface area contributed by atoms with E-state index in [4.69, 9.17) is 14.2 Å². The number of carbonyl (C=O) groups is 2. The first-order chi connectivity index (χ1) is 12.6. The van der Waals surface area contributed by atoms with Crippen LogP contribution < -0.4 is 14.8 Å². The fourth-order valence-electron chi connectivity index (χ4n) is 2.85. The highest BCUT2D eigenvalue weighted by molar-refractivity contribution is 7.99. The molecule has 0 aromatic heterocycles. The molecule has 7 nitrogen and oxygen atoms in total.